The average Bonchev–Trinajstić information content (AvgIpc) is 2.01. The summed E-state index contributed by atoms with van der Waals surface area (Å²) in [6, 6.07) is 0. The first-order valence-corrected chi connectivity index (χ1v) is 5.78. The van der Waals surface area contributed by atoms with Crippen LogP contribution < -0.4 is 5.32 Å². The molecule has 0 spiro atoms. The van der Waals surface area contributed by atoms with Gasteiger partial charge in [0.1, 0.15) is 0 Å². The smallest absolute Gasteiger partial charge is 0.248 e. The summed E-state index contributed by atoms with van der Waals surface area (Å²) >= 11 is 3.50. The molecule has 1 heterocycles. The van der Waals surface area contributed by atoms with Gasteiger partial charge in [0.15, 0.2) is 4.08 Å². The molecule has 1 N–H and O–H groups in total. The minimum absolute atomic E-state index is 0.135. The van der Waals surface area contributed by atoms with Gasteiger partial charge in [0.05, 0.1) is 6.54 Å². The third-order valence-corrected chi connectivity index (χ3v) is 4.46. The number of hydrogen-bond donors (Lipinski definition) is 1. The highest BCUT2D eigenvalue weighted by Crippen LogP contribution is 2.40. The van der Waals surface area contributed by atoms with E-state index in [9.17, 15) is 4.79 Å². The van der Waals surface area contributed by atoms with Crippen molar-refractivity contribution in [1.29, 1.82) is 0 Å². The van der Waals surface area contributed by atoms with Crippen LogP contribution in [0.5, 0.6) is 0 Å². The predicted molar refractivity (Wildman–Crippen MR) is 52.0 cm³/mol. The lowest BCUT2D eigenvalue weighted by Crippen LogP contribution is -2.60. The van der Waals surface area contributed by atoms with Gasteiger partial charge in [-0.05, 0) is 11.5 Å². The van der Waals surface area contributed by atoms with Crippen molar-refractivity contribution < 1.29 is 4.79 Å². The Balaban J connectivity index is 2.49. The molecule has 0 saturated carbocycles. The number of carbonyl (C=O) groups excluding carboxylic acids is 1. The van der Waals surface area contributed by atoms with Crippen LogP contribution in [0.15, 0.2) is 0 Å². The number of nitrogens with one attached hydrogen (secondary N) is 1. The quantitative estimate of drug-likeness (QED) is 0.537. The van der Waals surface area contributed by atoms with Crippen LogP contribution in [0.4, 0.5) is 0 Å². The van der Waals surface area contributed by atoms with Gasteiger partial charge in [-0.3, -0.25) is 4.79 Å². The van der Waals surface area contributed by atoms with Crippen LogP contribution in [0.3, 0.4) is 0 Å². The molecule has 0 bridgehead atoms. The Bertz CT molecular complexity index is 155. The normalized spacial score (nSPS) is 20.7. The largest absolute Gasteiger partial charge is 0.351 e. The fourth-order valence-electron chi connectivity index (χ4n) is 1.05. The van der Waals surface area contributed by atoms with Crippen LogP contribution in [0, 0.1) is 0 Å². The molecule has 1 fully saturated rings. The molecule has 0 atom stereocenters. The Kier molecular flexibility index (Phi) is 3.13. The number of thioether (sulfide) groups is 2. The number of β-lactam (4-membered cyclic amide) rings is 1. The maximum atomic E-state index is 11.2. The van der Waals surface area contributed by atoms with E-state index in [4.69, 9.17) is 0 Å². The summed E-state index contributed by atoms with van der Waals surface area (Å²) < 4.78 is -0.135. The molecule has 1 rings (SSSR count). The zero-order valence-corrected chi connectivity index (χ0v) is 8.48. The van der Waals surface area contributed by atoms with E-state index in [-0.39, 0.29) is 9.99 Å². The van der Waals surface area contributed by atoms with Gasteiger partial charge in [-0.1, -0.05) is 13.8 Å². The Hall–Kier alpha value is 0.170. The van der Waals surface area contributed by atoms with Gasteiger partial charge in [0.25, 0.3) is 0 Å². The predicted octanol–water partition coefficient (Wildman–Crippen LogP) is 1.32. The minimum Gasteiger partial charge on any atom is -0.351 e. The van der Waals surface area contributed by atoms with Gasteiger partial charge in [-0.2, -0.15) is 0 Å². The zero-order chi connectivity index (χ0) is 8.32. The fourth-order valence-corrected chi connectivity index (χ4v) is 3.77. The van der Waals surface area contributed by atoms with Crippen LogP contribution in [-0.4, -0.2) is 28.0 Å². The number of carbonyl (C=O) groups is 1. The summed E-state index contributed by atoms with van der Waals surface area (Å²) in [5.74, 6) is 2.23. The molecule has 1 amide bonds. The molecule has 0 aromatic carbocycles. The van der Waals surface area contributed by atoms with Crippen molar-refractivity contribution in [2.75, 3.05) is 18.1 Å². The summed E-state index contributed by atoms with van der Waals surface area (Å²) in [5.41, 5.74) is 0. The van der Waals surface area contributed by atoms with Crippen LogP contribution in [-0.2, 0) is 4.79 Å². The molecule has 64 valence electrons. The Labute approximate surface area is 75.9 Å². The molecule has 0 unspecified atom stereocenters. The second kappa shape index (κ2) is 3.72. The Morgan fingerprint density at radius 2 is 2.00 bits per heavy atom. The molecule has 11 heavy (non-hydrogen) atoms. The highest BCUT2D eigenvalue weighted by Gasteiger charge is 2.46. The van der Waals surface area contributed by atoms with Gasteiger partial charge in [-0.15, -0.1) is 23.5 Å². The van der Waals surface area contributed by atoms with E-state index in [1.807, 2.05) is 0 Å². The fraction of sp³-hybridized carbons (Fsp3) is 0.857. The molecule has 0 radical (unpaired) electrons. The molecular formula is C7H13NOS2. The van der Waals surface area contributed by atoms with E-state index in [0.29, 0.717) is 0 Å². The topological polar surface area (TPSA) is 29.1 Å². The van der Waals surface area contributed by atoms with E-state index in [1.54, 1.807) is 23.5 Å². The first-order chi connectivity index (χ1) is 5.25. The first kappa shape index (κ1) is 9.26. The lowest BCUT2D eigenvalue weighted by molar-refractivity contribution is -0.125. The van der Waals surface area contributed by atoms with E-state index >= 15 is 0 Å². The van der Waals surface area contributed by atoms with Crippen molar-refractivity contribution in [2.24, 2.45) is 0 Å². The molecule has 4 heteroatoms. The highest BCUT2D eigenvalue weighted by atomic mass is 32.2. The van der Waals surface area contributed by atoms with E-state index < -0.39 is 0 Å². The summed E-state index contributed by atoms with van der Waals surface area (Å²) in [6.45, 7) is 5.02. The molecule has 1 saturated heterocycles. The molecule has 0 aromatic heterocycles. The third kappa shape index (κ3) is 1.67. The van der Waals surface area contributed by atoms with Crippen molar-refractivity contribution in [3.8, 4) is 0 Å². The average molecular weight is 191 g/mol. The lowest BCUT2D eigenvalue weighted by atomic mass is 10.2. The lowest BCUT2D eigenvalue weighted by Gasteiger charge is -2.38. The monoisotopic (exact) mass is 191 g/mol. The summed E-state index contributed by atoms with van der Waals surface area (Å²) in [5, 5.41) is 2.79. The van der Waals surface area contributed by atoms with Gasteiger partial charge in [-0.25, -0.2) is 0 Å². The molecule has 1 aliphatic rings. The zero-order valence-electron chi connectivity index (χ0n) is 6.85. The third-order valence-electron chi connectivity index (χ3n) is 1.58. The highest BCUT2D eigenvalue weighted by molar-refractivity contribution is 8.19. The van der Waals surface area contributed by atoms with Crippen LogP contribution in [0.2, 0.25) is 0 Å². The number of amides is 1. The van der Waals surface area contributed by atoms with Gasteiger partial charge < -0.3 is 5.32 Å². The second-order valence-electron chi connectivity index (χ2n) is 2.30. The molecule has 2 nitrogen and oxygen atoms in total. The molecule has 0 aliphatic carbocycles. The number of rotatable bonds is 4. The van der Waals surface area contributed by atoms with Crippen molar-refractivity contribution >= 4 is 29.4 Å². The maximum Gasteiger partial charge on any atom is 0.248 e. The van der Waals surface area contributed by atoms with Gasteiger partial charge in [0.2, 0.25) is 5.91 Å². The summed E-state index contributed by atoms with van der Waals surface area (Å²) in [7, 11) is 0. The molecule has 1 aliphatic heterocycles. The second-order valence-corrected chi connectivity index (χ2v) is 5.69. The van der Waals surface area contributed by atoms with Crippen LogP contribution >= 0.6 is 23.5 Å². The van der Waals surface area contributed by atoms with Gasteiger partial charge in [0, 0.05) is 0 Å². The van der Waals surface area contributed by atoms with Crippen molar-refractivity contribution in [1.82, 2.24) is 5.32 Å². The summed E-state index contributed by atoms with van der Waals surface area (Å²) in [6.07, 6.45) is 0. The maximum absolute atomic E-state index is 11.2. The van der Waals surface area contributed by atoms with Crippen LogP contribution in [0.25, 0.3) is 0 Å². The van der Waals surface area contributed by atoms with E-state index in [0.717, 1.165) is 18.1 Å². The van der Waals surface area contributed by atoms with E-state index in [1.165, 1.54) is 0 Å². The van der Waals surface area contributed by atoms with Crippen molar-refractivity contribution in [3.63, 3.8) is 0 Å². The minimum atomic E-state index is -0.135. The number of hydrogen-bond acceptors (Lipinski definition) is 3. The Morgan fingerprint density at radius 1 is 1.45 bits per heavy atom. The van der Waals surface area contributed by atoms with E-state index in [2.05, 4.69) is 19.2 Å². The Morgan fingerprint density at radius 3 is 2.18 bits per heavy atom. The van der Waals surface area contributed by atoms with Crippen molar-refractivity contribution in [2.45, 2.75) is 17.9 Å². The molecular weight excluding hydrogens is 178 g/mol. The first-order valence-electron chi connectivity index (χ1n) is 3.81. The SMILES string of the molecule is CCSC1(SCC)CNC1=O. The van der Waals surface area contributed by atoms with Crippen LogP contribution in [0.1, 0.15) is 13.8 Å². The molecule has 0 aromatic rings. The summed E-state index contributed by atoms with van der Waals surface area (Å²) in [4.78, 5) is 11.2. The standard InChI is InChI=1S/C7H13NOS2/c1-3-10-7(11-4-2)5-8-6(7)9/h3-5H2,1-2H3,(H,8,9). The van der Waals surface area contributed by atoms with Crippen molar-refractivity contribution in [3.05, 3.63) is 0 Å². The van der Waals surface area contributed by atoms with Gasteiger partial charge >= 0.3 is 0 Å².